The van der Waals surface area contributed by atoms with Crippen molar-refractivity contribution in [3.8, 4) is 0 Å². The SMILES string of the molecule is CC(CN(Cc1cccc(Cl)c1)C1CC1)C(=O)O. The van der Waals surface area contributed by atoms with E-state index in [0.29, 0.717) is 12.6 Å². The van der Waals surface area contributed by atoms with Crippen LogP contribution in [0.25, 0.3) is 0 Å². The Morgan fingerprint density at radius 1 is 1.56 bits per heavy atom. The molecule has 1 fully saturated rings. The van der Waals surface area contributed by atoms with Gasteiger partial charge in [-0.25, -0.2) is 0 Å². The van der Waals surface area contributed by atoms with Gasteiger partial charge in [-0.05, 0) is 30.5 Å². The molecule has 1 saturated carbocycles. The first kappa shape index (κ1) is 13.4. The summed E-state index contributed by atoms with van der Waals surface area (Å²) in [5.41, 5.74) is 1.15. The number of hydrogen-bond acceptors (Lipinski definition) is 2. The van der Waals surface area contributed by atoms with Gasteiger partial charge in [0.05, 0.1) is 5.92 Å². The third-order valence-electron chi connectivity index (χ3n) is 3.27. The number of rotatable bonds is 6. The van der Waals surface area contributed by atoms with Crippen LogP contribution in [0, 0.1) is 5.92 Å². The summed E-state index contributed by atoms with van der Waals surface area (Å²) in [5, 5.41) is 9.73. The maximum absolute atomic E-state index is 10.9. The second kappa shape index (κ2) is 5.72. The van der Waals surface area contributed by atoms with Crippen LogP contribution in [0.4, 0.5) is 0 Å². The molecule has 1 aliphatic rings. The first-order chi connectivity index (χ1) is 8.56. The maximum atomic E-state index is 10.9. The van der Waals surface area contributed by atoms with E-state index in [0.717, 1.165) is 17.1 Å². The molecule has 1 aromatic rings. The number of carboxylic acids is 1. The minimum absolute atomic E-state index is 0.329. The van der Waals surface area contributed by atoms with Crippen LogP contribution in [0.15, 0.2) is 24.3 Å². The predicted octanol–water partition coefficient (Wildman–Crippen LogP) is 3.03. The summed E-state index contributed by atoms with van der Waals surface area (Å²) in [6.45, 7) is 3.14. The Labute approximate surface area is 112 Å². The molecule has 1 aliphatic carbocycles. The molecule has 0 radical (unpaired) electrons. The fraction of sp³-hybridized carbons (Fsp3) is 0.500. The summed E-state index contributed by atoms with van der Waals surface area (Å²) in [6.07, 6.45) is 2.35. The molecular weight excluding hydrogens is 250 g/mol. The zero-order valence-corrected chi connectivity index (χ0v) is 11.2. The van der Waals surface area contributed by atoms with Crippen LogP contribution in [-0.4, -0.2) is 28.6 Å². The second-order valence-corrected chi connectivity index (χ2v) is 5.47. The molecule has 0 aliphatic heterocycles. The topological polar surface area (TPSA) is 40.5 Å². The molecule has 0 heterocycles. The fourth-order valence-corrected chi connectivity index (χ4v) is 2.29. The summed E-state index contributed by atoms with van der Waals surface area (Å²) >= 11 is 5.97. The maximum Gasteiger partial charge on any atom is 0.307 e. The van der Waals surface area contributed by atoms with Crippen molar-refractivity contribution in [2.75, 3.05) is 6.54 Å². The van der Waals surface area contributed by atoms with Crippen LogP contribution >= 0.6 is 11.6 Å². The average molecular weight is 268 g/mol. The van der Waals surface area contributed by atoms with Crippen molar-refractivity contribution in [2.24, 2.45) is 5.92 Å². The lowest BCUT2D eigenvalue weighted by Gasteiger charge is -2.24. The predicted molar refractivity (Wildman–Crippen MR) is 71.7 cm³/mol. The summed E-state index contributed by atoms with van der Waals surface area (Å²) in [4.78, 5) is 13.2. The molecule has 4 heteroatoms. The van der Waals surface area contributed by atoms with Gasteiger partial charge in [0, 0.05) is 24.2 Å². The van der Waals surface area contributed by atoms with Gasteiger partial charge in [0.15, 0.2) is 0 Å². The molecule has 18 heavy (non-hydrogen) atoms. The molecule has 1 unspecified atom stereocenters. The van der Waals surface area contributed by atoms with Crippen molar-refractivity contribution in [1.82, 2.24) is 4.90 Å². The van der Waals surface area contributed by atoms with E-state index in [4.69, 9.17) is 16.7 Å². The quantitative estimate of drug-likeness (QED) is 0.861. The normalized spacial score (nSPS) is 16.8. The van der Waals surface area contributed by atoms with Crippen LogP contribution in [0.3, 0.4) is 0 Å². The van der Waals surface area contributed by atoms with Crippen LogP contribution < -0.4 is 0 Å². The van der Waals surface area contributed by atoms with Gasteiger partial charge in [0.2, 0.25) is 0 Å². The zero-order chi connectivity index (χ0) is 13.1. The fourth-order valence-electron chi connectivity index (χ4n) is 2.08. The zero-order valence-electron chi connectivity index (χ0n) is 10.5. The van der Waals surface area contributed by atoms with Crippen molar-refractivity contribution in [3.63, 3.8) is 0 Å². The monoisotopic (exact) mass is 267 g/mol. The summed E-state index contributed by atoms with van der Waals surface area (Å²) in [7, 11) is 0. The molecule has 1 aromatic carbocycles. The van der Waals surface area contributed by atoms with Crippen molar-refractivity contribution in [2.45, 2.75) is 32.4 Å². The number of carbonyl (C=O) groups is 1. The van der Waals surface area contributed by atoms with Crippen molar-refractivity contribution >= 4 is 17.6 Å². The smallest absolute Gasteiger partial charge is 0.307 e. The van der Waals surface area contributed by atoms with E-state index in [2.05, 4.69) is 4.90 Å². The molecule has 0 saturated heterocycles. The van der Waals surface area contributed by atoms with Gasteiger partial charge in [-0.3, -0.25) is 9.69 Å². The van der Waals surface area contributed by atoms with Crippen LogP contribution in [-0.2, 0) is 11.3 Å². The van der Waals surface area contributed by atoms with E-state index in [1.54, 1.807) is 6.92 Å². The molecule has 0 bridgehead atoms. The van der Waals surface area contributed by atoms with Crippen molar-refractivity contribution in [3.05, 3.63) is 34.9 Å². The number of aliphatic carboxylic acids is 1. The Kier molecular flexibility index (Phi) is 4.25. The first-order valence-corrected chi connectivity index (χ1v) is 6.65. The van der Waals surface area contributed by atoms with Gasteiger partial charge in [0.1, 0.15) is 0 Å². The minimum Gasteiger partial charge on any atom is -0.481 e. The average Bonchev–Trinajstić information content (AvgIpc) is 3.11. The highest BCUT2D eigenvalue weighted by molar-refractivity contribution is 6.30. The van der Waals surface area contributed by atoms with E-state index in [-0.39, 0.29) is 5.92 Å². The van der Waals surface area contributed by atoms with Crippen LogP contribution in [0.5, 0.6) is 0 Å². The Hall–Kier alpha value is -1.06. The van der Waals surface area contributed by atoms with Crippen molar-refractivity contribution in [1.29, 1.82) is 0 Å². The van der Waals surface area contributed by atoms with E-state index < -0.39 is 5.97 Å². The molecule has 1 N–H and O–H groups in total. The number of carboxylic acid groups (broad SMARTS) is 1. The van der Waals surface area contributed by atoms with Gasteiger partial charge in [-0.15, -0.1) is 0 Å². The molecule has 2 rings (SSSR count). The minimum atomic E-state index is -0.730. The molecule has 1 atom stereocenters. The Bertz CT molecular complexity index is 432. The van der Waals surface area contributed by atoms with Crippen LogP contribution in [0.1, 0.15) is 25.3 Å². The third-order valence-corrected chi connectivity index (χ3v) is 3.50. The van der Waals surface area contributed by atoms with Gasteiger partial charge < -0.3 is 5.11 Å². The van der Waals surface area contributed by atoms with E-state index in [1.807, 2.05) is 24.3 Å². The van der Waals surface area contributed by atoms with E-state index in [9.17, 15) is 4.79 Å². The van der Waals surface area contributed by atoms with Gasteiger partial charge in [-0.1, -0.05) is 30.7 Å². The lowest BCUT2D eigenvalue weighted by molar-refractivity contribution is -0.141. The Morgan fingerprint density at radius 2 is 2.28 bits per heavy atom. The highest BCUT2D eigenvalue weighted by atomic mass is 35.5. The molecular formula is C14H18ClNO2. The number of hydrogen-bond donors (Lipinski definition) is 1. The molecule has 3 nitrogen and oxygen atoms in total. The highest BCUT2D eigenvalue weighted by Crippen LogP contribution is 2.29. The summed E-state index contributed by atoms with van der Waals surface area (Å²) in [5.74, 6) is -1.06. The summed E-state index contributed by atoms with van der Waals surface area (Å²) < 4.78 is 0. The number of nitrogens with zero attached hydrogens (tertiary/aromatic N) is 1. The number of halogens is 1. The van der Waals surface area contributed by atoms with Crippen LogP contribution in [0.2, 0.25) is 5.02 Å². The lowest BCUT2D eigenvalue weighted by atomic mass is 10.1. The Morgan fingerprint density at radius 3 is 2.83 bits per heavy atom. The second-order valence-electron chi connectivity index (χ2n) is 5.03. The first-order valence-electron chi connectivity index (χ1n) is 6.27. The largest absolute Gasteiger partial charge is 0.481 e. The molecule has 98 valence electrons. The lowest BCUT2D eigenvalue weighted by Crippen LogP contribution is -2.33. The molecule has 0 amide bonds. The standard InChI is InChI=1S/C14H18ClNO2/c1-10(14(17)18)8-16(13-5-6-13)9-11-3-2-4-12(15)7-11/h2-4,7,10,13H,5-6,8-9H2,1H3,(H,17,18). The summed E-state index contributed by atoms with van der Waals surface area (Å²) in [6, 6.07) is 8.32. The third kappa shape index (κ3) is 3.72. The van der Waals surface area contributed by atoms with Gasteiger partial charge in [-0.2, -0.15) is 0 Å². The highest BCUT2D eigenvalue weighted by Gasteiger charge is 2.31. The molecule has 0 aromatic heterocycles. The van der Waals surface area contributed by atoms with Gasteiger partial charge >= 0.3 is 5.97 Å². The Balaban J connectivity index is 2.00. The molecule has 0 spiro atoms. The van der Waals surface area contributed by atoms with Gasteiger partial charge in [0.25, 0.3) is 0 Å². The van der Waals surface area contributed by atoms with E-state index >= 15 is 0 Å². The van der Waals surface area contributed by atoms with Crippen molar-refractivity contribution < 1.29 is 9.90 Å². The van der Waals surface area contributed by atoms with E-state index in [1.165, 1.54) is 12.8 Å². The number of benzene rings is 1.